The van der Waals surface area contributed by atoms with Gasteiger partial charge < -0.3 is 15.7 Å². The molecule has 0 atom stereocenters. The molecule has 0 aliphatic rings. The van der Waals surface area contributed by atoms with Crippen molar-refractivity contribution in [2.24, 2.45) is 5.73 Å². The second kappa shape index (κ2) is 7.19. The number of rotatable bonds is 7. The van der Waals surface area contributed by atoms with E-state index in [2.05, 4.69) is 11.9 Å². The van der Waals surface area contributed by atoms with Crippen LogP contribution >= 0.6 is 12.2 Å². The zero-order valence-corrected chi connectivity index (χ0v) is 10.9. The van der Waals surface area contributed by atoms with Gasteiger partial charge in [0, 0.05) is 19.3 Å². The Balaban J connectivity index is 2.95. The molecule has 0 aromatic carbocycles. The molecule has 0 bridgehead atoms. The van der Waals surface area contributed by atoms with Crippen LogP contribution in [0.5, 0.6) is 0 Å². The maximum absolute atomic E-state index is 9.09. The van der Waals surface area contributed by atoms with Gasteiger partial charge in [-0.2, -0.15) is 0 Å². The lowest BCUT2D eigenvalue weighted by Crippen LogP contribution is -2.31. The van der Waals surface area contributed by atoms with Crippen LogP contribution in [-0.4, -0.2) is 34.8 Å². The van der Waals surface area contributed by atoms with Gasteiger partial charge in [0.25, 0.3) is 0 Å². The average Bonchev–Trinajstić information content (AvgIpc) is 2.34. The molecular weight excluding hydrogens is 234 g/mol. The summed E-state index contributed by atoms with van der Waals surface area (Å²) in [5.41, 5.74) is 6.45. The molecule has 0 radical (unpaired) electrons. The SMILES string of the molecule is CCCCN(CCO)c1ncccc1C(N)=S. The predicted octanol–water partition coefficient (Wildman–Crippen LogP) is 1.31. The summed E-state index contributed by atoms with van der Waals surface area (Å²) in [4.78, 5) is 6.69. The van der Waals surface area contributed by atoms with Gasteiger partial charge in [0.05, 0.1) is 12.2 Å². The van der Waals surface area contributed by atoms with Crippen molar-refractivity contribution in [1.82, 2.24) is 4.98 Å². The molecule has 1 aromatic rings. The molecule has 1 heterocycles. The molecule has 0 spiro atoms. The topological polar surface area (TPSA) is 62.4 Å². The number of nitrogens with two attached hydrogens (primary N) is 1. The smallest absolute Gasteiger partial charge is 0.138 e. The first kappa shape index (κ1) is 13.9. The van der Waals surface area contributed by atoms with Crippen LogP contribution in [0.4, 0.5) is 5.82 Å². The number of thiocarbonyl (C=S) groups is 1. The Hall–Kier alpha value is -1.20. The van der Waals surface area contributed by atoms with E-state index in [0.717, 1.165) is 30.8 Å². The third kappa shape index (κ3) is 3.94. The predicted molar refractivity (Wildman–Crippen MR) is 74.3 cm³/mol. The molecule has 0 amide bonds. The highest BCUT2D eigenvalue weighted by molar-refractivity contribution is 7.80. The van der Waals surface area contributed by atoms with Gasteiger partial charge in [-0.3, -0.25) is 0 Å². The van der Waals surface area contributed by atoms with Crippen LogP contribution in [0.3, 0.4) is 0 Å². The standard InChI is InChI=1S/C12H19N3OS/c1-2-3-7-15(8-9-16)12-10(11(13)17)5-4-6-14-12/h4-6,16H,2-3,7-9H2,1H3,(H2,13,17). The number of aliphatic hydroxyl groups is 1. The van der Waals surface area contributed by atoms with Gasteiger partial charge in [0.2, 0.25) is 0 Å². The maximum Gasteiger partial charge on any atom is 0.138 e. The Morgan fingerprint density at radius 2 is 2.29 bits per heavy atom. The van der Waals surface area contributed by atoms with Crippen LogP contribution in [0.2, 0.25) is 0 Å². The van der Waals surface area contributed by atoms with E-state index in [9.17, 15) is 0 Å². The zero-order chi connectivity index (χ0) is 12.7. The van der Waals surface area contributed by atoms with E-state index in [1.54, 1.807) is 6.20 Å². The quantitative estimate of drug-likeness (QED) is 0.718. The molecule has 3 N–H and O–H groups in total. The number of aliphatic hydroxyl groups excluding tert-OH is 1. The Morgan fingerprint density at radius 3 is 2.88 bits per heavy atom. The van der Waals surface area contributed by atoms with Crippen molar-refractivity contribution >= 4 is 23.0 Å². The maximum atomic E-state index is 9.09. The second-order valence-corrected chi connectivity index (χ2v) is 4.24. The van der Waals surface area contributed by atoms with E-state index in [0.29, 0.717) is 11.5 Å². The molecule has 0 fully saturated rings. The Bertz CT molecular complexity index is 371. The molecule has 0 saturated carbocycles. The Labute approximate surface area is 107 Å². The minimum absolute atomic E-state index is 0.0943. The van der Waals surface area contributed by atoms with Gasteiger partial charge in [-0.25, -0.2) is 4.98 Å². The first-order valence-electron chi connectivity index (χ1n) is 5.81. The lowest BCUT2D eigenvalue weighted by atomic mass is 10.2. The van der Waals surface area contributed by atoms with Crippen molar-refractivity contribution in [3.05, 3.63) is 23.9 Å². The van der Waals surface area contributed by atoms with Crippen LogP contribution in [-0.2, 0) is 0 Å². The van der Waals surface area contributed by atoms with Gasteiger partial charge in [0.15, 0.2) is 0 Å². The summed E-state index contributed by atoms with van der Waals surface area (Å²) in [5, 5.41) is 9.09. The largest absolute Gasteiger partial charge is 0.395 e. The van der Waals surface area contributed by atoms with E-state index in [-0.39, 0.29) is 6.61 Å². The zero-order valence-electron chi connectivity index (χ0n) is 10.1. The van der Waals surface area contributed by atoms with Crippen molar-refractivity contribution in [2.75, 3.05) is 24.6 Å². The van der Waals surface area contributed by atoms with Gasteiger partial charge in [-0.05, 0) is 18.6 Å². The van der Waals surface area contributed by atoms with Crippen molar-refractivity contribution in [2.45, 2.75) is 19.8 Å². The minimum atomic E-state index is 0.0943. The third-order valence-corrected chi connectivity index (χ3v) is 2.72. The molecular formula is C12H19N3OS. The minimum Gasteiger partial charge on any atom is -0.395 e. The monoisotopic (exact) mass is 253 g/mol. The summed E-state index contributed by atoms with van der Waals surface area (Å²) in [7, 11) is 0. The van der Waals surface area contributed by atoms with Crippen LogP contribution in [0.15, 0.2) is 18.3 Å². The number of nitrogens with zero attached hydrogens (tertiary/aromatic N) is 2. The fourth-order valence-corrected chi connectivity index (χ4v) is 1.79. The van der Waals surface area contributed by atoms with Crippen LogP contribution in [0.1, 0.15) is 25.3 Å². The summed E-state index contributed by atoms with van der Waals surface area (Å²) >= 11 is 5.01. The molecule has 0 saturated heterocycles. The molecule has 0 aliphatic heterocycles. The van der Waals surface area contributed by atoms with E-state index in [1.165, 1.54) is 0 Å². The van der Waals surface area contributed by atoms with Crippen molar-refractivity contribution in [3.8, 4) is 0 Å². The first-order chi connectivity index (χ1) is 8.20. The Kier molecular flexibility index (Phi) is 5.86. The van der Waals surface area contributed by atoms with E-state index < -0.39 is 0 Å². The van der Waals surface area contributed by atoms with Crippen molar-refractivity contribution in [3.63, 3.8) is 0 Å². The number of pyridine rings is 1. The number of hydrogen-bond donors (Lipinski definition) is 2. The van der Waals surface area contributed by atoms with Gasteiger partial charge >= 0.3 is 0 Å². The van der Waals surface area contributed by atoms with Crippen LogP contribution in [0.25, 0.3) is 0 Å². The van der Waals surface area contributed by atoms with Gasteiger partial charge in [-0.1, -0.05) is 25.6 Å². The molecule has 1 rings (SSSR count). The highest BCUT2D eigenvalue weighted by atomic mass is 32.1. The van der Waals surface area contributed by atoms with Crippen LogP contribution < -0.4 is 10.6 Å². The van der Waals surface area contributed by atoms with Crippen LogP contribution in [0, 0.1) is 0 Å². The molecule has 0 unspecified atom stereocenters. The molecule has 5 heteroatoms. The third-order valence-electron chi connectivity index (χ3n) is 2.50. The fourth-order valence-electron chi connectivity index (χ4n) is 1.63. The fraction of sp³-hybridized carbons (Fsp3) is 0.500. The number of aromatic nitrogens is 1. The number of hydrogen-bond acceptors (Lipinski definition) is 4. The molecule has 4 nitrogen and oxygen atoms in total. The van der Waals surface area contributed by atoms with E-state index in [4.69, 9.17) is 23.1 Å². The second-order valence-electron chi connectivity index (χ2n) is 3.80. The molecule has 17 heavy (non-hydrogen) atoms. The van der Waals surface area contributed by atoms with Crippen molar-refractivity contribution < 1.29 is 5.11 Å². The summed E-state index contributed by atoms with van der Waals surface area (Å²) in [6.45, 7) is 3.62. The summed E-state index contributed by atoms with van der Waals surface area (Å²) in [6.07, 6.45) is 3.86. The van der Waals surface area contributed by atoms with Gasteiger partial charge in [-0.15, -0.1) is 0 Å². The first-order valence-corrected chi connectivity index (χ1v) is 6.22. The van der Waals surface area contributed by atoms with E-state index >= 15 is 0 Å². The molecule has 94 valence electrons. The molecule has 0 aliphatic carbocycles. The molecule has 1 aromatic heterocycles. The highest BCUT2D eigenvalue weighted by Gasteiger charge is 2.13. The normalized spacial score (nSPS) is 10.2. The van der Waals surface area contributed by atoms with E-state index in [1.807, 2.05) is 17.0 Å². The number of unbranched alkanes of at least 4 members (excludes halogenated alkanes) is 1. The Morgan fingerprint density at radius 1 is 1.53 bits per heavy atom. The average molecular weight is 253 g/mol. The summed E-state index contributed by atoms with van der Waals surface area (Å²) in [6, 6.07) is 3.68. The summed E-state index contributed by atoms with van der Waals surface area (Å²) < 4.78 is 0. The lowest BCUT2D eigenvalue weighted by Gasteiger charge is -2.24. The van der Waals surface area contributed by atoms with Gasteiger partial charge in [0.1, 0.15) is 10.8 Å². The lowest BCUT2D eigenvalue weighted by molar-refractivity contribution is 0.301. The highest BCUT2D eigenvalue weighted by Crippen LogP contribution is 2.17. The number of anilines is 1. The summed E-state index contributed by atoms with van der Waals surface area (Å²) in [5.74, 6) is 0.766. The van der Waals surface area contributed by atoms with Crippen molar-refractivity contribution in [1.29, 1.82) is 0 Å².